The van der Waals surface area contributed by atoms with Gasteiger partial charge in [0.2, 0.25) is 0 Å². The Kier molecular flexibility index (Phi) is 4.37. The second kappa shape index (κ2) is 5.56. The summed E-state index contributed by atoms with van der Waals surface area (Å²) in [4.78, 5) is 17.3. The number of carbonyl (C=O) groups is 1. The van der Waals surface area contributed by atoms with Crippen LogP contribution in [-0.2, 0) is 0 Å². The van der Waals surface area contributed by atoms with Crippen molar-refractivity contribution in [3.63, 3.8) is 0 Å². The number of alkyl halides is 1. The molecule has 1 amide bonds. The van der Waals surface area contributed by atoms with Gasteiger partial charge in [-0.2, -0.15) is 0 Å². The van der Waals surface area contributed by atoms with E-state index in [-0.39, 0.29) is 5.91 Å². The highest BCUT2D eigenvalue weighted by molar-refractivity contribution is 6.18. The summed E-state index contributed by atoms with van der Waals surface area (Å²) in [6.45, 7) is 0.506. The second-order valence-electron chi connectivity index (χ2n) is 2.99. The molecule has 0 fully saturated rings. The van der Waals surface area contributed by atoms with E-state index in [1.165, 1.54) is 13.3 Å². The Labute approximate surface area is 93.8 Å². The predicted octanol–water partition coefficient (Wildman–Crippen LogP) is 1.40. The lowest BCUT2D eigenvalue weighted by Gasteiger charge is -2.16. The zero-order chi connectivity index (χ0) is 11.3. The van der Waals surface area contributed by atoms with E-state index in [1.807, 2.05) is 0 Å². The van der Waals surface area contributed by atoms with Crippen LogP contribution in [-0.4, -0.2) is 42.4 Å². The van der Waals surface area contributed by atoms with Gasteiger partial charge in [-0.3, -0.25) is 9.78 Å². The molecule has 5 heteroatoms. The van der Waals surface area contributed by atoms with E-state index < -0.39 is 0 Å². The van der Waals surface area contributed by atoms with Gasteiger partial charge in [-0.1, -0.05) is 0 Å². The Balaban J connectivity index is 2.90. The fourth-order valence-electron chi connectivity index (χ4n) is 1.15. The Bertz CT molecular complexity index is 344. The minimum atomic E-state index is -0.116. The van der Waals surface area contributed by atoms with Gasteiger partial charge in [0, 0.05) is 25.7 Å². The summed E-state index contributed by atoms with van der Waals surface area (Å²) < 4.78 is 5.05. The van der Waals surface area contributed by atoms with Crippen molar-refractivity contribution < 1.29 is 9.53 Å². The molecule has 4 nitrogen and oxygen atoms in total. The van der Waals surface area contributed by atoms with E-state index in [1.54, 1.807) is 24.2 Å². The summed E-state index contributed by atoms with van der Waals surface area (Å²) >= 11 is 5.56. The van der Waals surface area contributed by atoms with E-state index in [0.29, 0.717) is 23.7 Å². The van der Waals surface area contributed by atoms with Crippen LogP contribution >= 0.6 is 11.6 Å². The first-order chi connectivity index (χ1) is 7.20. The van der Waals surface area contributed by atoms with Gasteiger partial charge in [-0.25, -0.2) is 0 Å². The maximum Gasteiger partial charge on any atom is 0.257 e. The van der Waals surface area contributed by atoms with Gasteiger partial charge in [0.25, 0.3) is 5.91 Å². The summed E-state index contributed by atoms with van der Waals surface area (Å²) in [5.41, 5.74) is 0.500. The maximum atomic E-state index is 11.9. The monoisotopic (exact) mass is 228 g/mol. The van der Waals surface area contributed by atoms with Gasteiger partial charge in [-0.15, -0.1) is 11.6 Å². The summed E-state index contributed by atoms with van der Waals surface area (Å²) in [7, 11) is 3.21. The Morgan fingerprint density at radius 2 is 2.40 bits per heavy atom. The molecule has 0 radical (unpaired) electrons. The lowest BCUT2D eigenvalue weighted by Crippen LogP contribution is -2.28. The summed E-state index contributed by atoms with van der Waals surface area (Å²) in [5.74, 6) is 0.772. The van der Waals surface area contributed by atoms with Crippen LogP contribution in [0.3, 0.4) is 0 Å². The normalized spacial score (nSPS) is 9.80. The zero-order valence-electron chi connectivity index (χ0n) is 8.74. The third-order valence-corrected chi connectivity index (χ3v) is 2.17. The van der Waals surface area contributed by atoms with Crippen LogP contribution in [0.1, 0.15) is 10.4 Å². The number of methoxy groups -OCH3 is 1. The van der Waals surface area contributed by atoms with Crippen LogP contribution in [0, 0.1) is 0 Å². The SMILES string of the molecule is COc1cnccc1C(=O)N(C)CCCl. The molecule has 1 aromatic heterocycles. The molecule has 0 aliphatic rings. The molecule has 1 rings (SSSR count). The minimum absolute atomic E-state index is 0.116. The van der Waals surface area contributed by atoms with Gasteiger partial charge >= 0.3 is 0 Å². The summed E-state index contributed by atoms with van der Waals surface area (Å²) in [5, 5.41) is 0. The molecule has 0 saturated heterocycles. The molecule has 0 bridgehead atoms. The molecule has 1 aromatic rings. The van der Waals surface area contributed by atoms with Gasteiger partial charge in [0.1, 0.15) is 5.75 Å². The molecule has 0 N–H and O–H groups in total. The number of ether oxygens (including phenoxy) is 1. The maximum absolute atomic E-state index is 11.9. The number of rotatable bonds is 4. The number of carbonyl (C=O) groups excluding carboxylic acids is 1. The molecule has 0 atom stereocenters. The Morgan fingerprint density at radius 1 is 1.67 bits per heavy atom. The molecule has 0 saturated carbocycles. The van der Waals surface area contributed by atoms with Crippen molar-refractivity contribution in [2.24, 2.45) is 0 Å². The second-order valence-corrected chi connectivity index (χ2v) is 3.37. The van der Waals surface area contributed by atoms with Gasteiger partial charge in [0.15, 0.2) is 0 Å². The summed E-state index contributed by atoms with van der Waals surface area (Å²) in [6, 6.07) is 1.63. The van der Waals surface area contributed by atoms with Crippen molar-refractivity contribution in [3.05, 3.63) is 24.0 Å². The summed E-state index contributed by atoms with van der Waals surface area (Å²) in [6.07, 6.45) is 3.08. The van der Waals surface area contributed by atoms with Crippen LogP contribution in [0.2, 0.25) is 0 Å². The molecule has 0 aliphatic heterocycles. The topological polar surface area (TPSA) is 42.4 Å². The van der Waals surface area contributed by atoms with E-state index >= 15 is 0 Å². The molecule has 15 heavy (non-hydrogen) atoms. The van der Waals surface area contributed by atoms with Gasteiger partial charge in [-0.05, 0) is 6.07 Å². The van der Waals surface area contributed by atoms with Crippen LogP contribution in [0.25, 0.3) is 0 Å². The molecular formula is C10H13ClN2O2. The largest absolute Gasteiger partial charge is 0.494 e. The fourth-order valence-corrected chi connectivity index (χ4v) is 1.41. The lowest BCUT2D eigenvalue weighted by molar-refractivity contribution is 0.0800. The highest BCUT2D eigenvalue weighted by atomic mass is 35.5. The first kappa shape index (κ1) is 11.8. The Hall–Kier alpha value is -1.29. The predicted molar refractivity (Wildman–Crippen MR) is 58.5 cm³/mol. The van der Waals surface area contributed by atoms with Crippen molar-refractivity contribution in [1.82, 2.24) is 9.88 Å². The number of hydrogen-bond donors (Lipinski definition) is 0. The van der Waals surface area contributed by atoms with E-state index in [4.69, 9.17) is 16.3 Å². The number of nitrogens with zero attached hydrogens (tertiary/aromatic N) is 2. The molecular weight excluding hydrogens is 216 g/mol. The molecule has 0 aromatic carbocycles. The highest BCUT2D eigenvalue weighted by Crippen LogP contribution is 2.17. The van der Waals surface area contributed by atoms with Crippen LogP contribution in [0.4, 0.5) is 0 Å². The van der Waals surface area contributed by atoms with E-state index in [0.717, 1.165) is 0 Å². The number of pyridine rings is 1. The minimum Gasteiger partial charge on any atom is -0.494 e. The zero-order valence-corrected chi connectivity index (χ0v) is 9.49. The van der Waals surface area contributed by atoms with E-state index in [9.17, 15) is 4.79 Å². The van der Waals surface area contributed by atoms with Crippen LogP contribution in [0.15, 0.2) is 18.5 Å². The molecule has 0 aliphatic carbocycles. The van der Waals surface area contributed by atoms with E-state index in [2.05, 4.69) is 4.98 Å². The van der Waals surface area contributed by atoms with Crippen LogP contribution < -0.4 is 4.74 Å². The van der Waals surface area contributed by atoms with Crippen LogP contribution in [0.5, 0.6) is 5.75 Å². The smallest absolute Gasteiger partial charge is 0.257 e. The first-order valence-corrected chi connectivity index (χ1v) is 5.03. The van der Waals surface area contributed by atoms with Crippen molar-refractivity contribution in [2.75, 3.05) is 26.6 Å². The van der Waals surface area contributed by atoms with Gasteiger partial charge in [0.05, 0.1) is 18.9 Å². The third-order valence-electron chi connectivity index (χ3n) is 2.00. The number of amides is 1. The number of aromatic nitrogens is 1. The lowest BCUT2D eigenvalue weighted by atomic mass is 10.2. The third kappa shape index (κ3) is 2.83. The molecule has 0 unspecified atom stereocenters. The van der Waals surface area contributed by atoms with Crippen molar-refractivity contribution in [2.45, 2.75) is 0 Å². The first-order valence-electron chi connectivity index (χ1n) is 4.50. The van der Waals surface area contributed by atoms with Crippen molar-refractivity contribution in [3.8, 4) is 5.75 Å². The quantitative estimate of drug-likeness (QED) is 0.732. The average molecular weight is 229 g/mol. The molecule has 0 spiro atoms. The van der Waals surface area contributed by atoms with Gasteiger partial charge < -0.3 is 9.64 Å². The highest BCUT2D eigenvalue weighted by Gasteiger charge is 2.15. The standard InChI is InChI=1S/C10H13ClN2O2/c1-13(6-4-11)10(14)8-3-5-12-7-9(8)15-2/h3,5,7H,4,6H2,1-2H3. The number of hydrogen-bond acceptors (Lipinski definition) is 3. The Morgan fingerprint density at radius 3 is 3.00 bits per heavy atom. The van der Waals surface area contributed by atoms with Crippen molar-refractivity contribution >= 4 is 17.5 Å². The number of halogens is 1. The average Bonchev–Trinajstić information content (AvgIpc) is 2.28. The molecule has 82 valence electrons. The fraction of sp³-hybridized carbons (Fsp3) is 0.400. The molecule has 1 heterocycles. The van der Waals surface area contributed by atoms with Crippen molar-refractivity contribution in [1.29, 1.82) is 0 Å².